The van der Waals surface area contributed by atoms with Crippen LogP contribution in [0.4, 0.5) is 11.8 Å². The van der Waals surface area contributed by atoms with Crippen molar-refractivity contribution in [1.82, 2.24) is 15.0 Å². The molecule has 0 amide bonds. The number of allylic oxidation sites excluding steroid dienone is 1. The quantitative estimate of drug-likeness (QED) is 0.846. The summed E-state index contributed by atoms with van der Waals surface area (Å²) in [7, 11) is 1.55. The van der Waals surface area contributed by atoms with Gasteiger partial charge >= 0.3 is 0 Å². The van der Waals surface area contributed by atoms with Gasteiger partial charge in [0.25, 0.3) is 0 Å². The van der Waals surface area contributed by atoms with Gasteiger partial charge in [-0.1, -0.05) is 6.58 Å². The number of hydrogen-bond donors (Lipinski definition) is 2. The van der Waals surface area contributed by atoms with Crippen LogP contribution in [0.5, 0.6) is 17.4 Å². The predicted molar refractivity (Wildman–Crippen MR) is 88.7 cm³/mol. The van der Waals surface area contributed by atoms with E-state index in [9.17, 15) is 0 Å². The second-order valence-electron chi connectivity index (χ2n) is 5.46. The van der Waals surface area contributed by atoms with Crippen molar-refractivity contribution in [2.75, 3.05) is 18.2 Å². The lowest BCUT2D eigenvalue weighted by molar-refractivity contribution is 0.392. The predicted octanol–water partition coefficient (Wildman–Crippen LogP) is 2.86. The van der Waals surface area contributed by atoms with E-state index in [0.29, 0.717) is 29.2 Å². The number of nitrogens with zero attached hydrogens (tertiary/aromatic N) is 3. The number of rotatable bonds is 6. The summed E-state index contributed by atoms with van der Waals surface area (Å²) in [6, 6.07) is 2.13. The van der Waals surface area contributed by atoms with E-state index < -0.39 is 0 Å². The molecule has 1 saturated carbocycles. The fraction of sp³-hybridized carbons (Fsp3) is 0.312. The van der Waals surface area contributed by atoms with Gasteiger partial charge in [-0.3, -0.25) is 0 Å². The third-order valence-corrected chi connectivity index (χ3v) is 3.42. The van der Waals surface area contributed by atoms with Gasteiger partial charge in [0, 0.05) is 23.9 Å². The van der Waals surface area contributed by atoms with Crippen molar-refractivity contribution >= 4 is 17.3 Å². The Morgan fingerprint density at radius 3 is 2.74 bits per heavy atom. The fourth-order valence-electron chi connectivity index (χ4n) is 2.04. The van der Waals surface area contributed by atoms with E-state index in [1.807, 2.05) is 6.92 Å². The van der Waals surface area contributed by atoms with Crippen molar-refractivity contribution in [2.24, 2.45) is 0 Å². The second-order valence-corrected chi connectivity index (χ2v) is 5.46. The molecule has 3 N–H and O–H groups in total. The van der Waals surface area contributed by atoms with Crippen LogP contribution in [0.2, 0.25) is 0 Å². The highest BCUT2D eigenvalue weighted by atomic mass is 16.5. The Morgan fingerprint density at radius 2 is 2.09 bits per heavy atom. The Balaban J connectivity index is 1.96. The van der Waals surface area contributed by atoms with Crippen molar-refractivity contribution in [3.8, 4) is 17.4 Å². The zero-order valence-corrected chi connectivity index (χ0v) is 13.2. The molecular formula is C16H19N5O2. The molecule has 23 heavy (non-hydrogen) atoms. The molecule has 0 bridgehead atoms. The van der Waals surface area contributed by atoms with Crippen LogP contribution in [-0.4, -0.2) is 28.1 Å². The summed E-state index contributed by atoms with van der Waals surface area (Å²) in [5.74, 6) is 2.33. The Hall–Kier alpha value is -2.83. The summed E-state index contributed by atoms with van der Waals surface area (Å²) in [6.07, 6.45) is 5.46. The Bertz CT molecular complexity index is 743. The van der Waals surface area contributed by atoms with Gasteiger partial charge in [-0.2, -0.15) is 4.98 Å². The third kappa shape index (κ3) is 3.50. The van der Waals surface area contributed by atoms with Crippen LogP contribution >= 0.6 is 0 Å². The molecule has 1 fully saturated rings. The molecule has 1 aliphatic carbocycles. The maximum Gasteiger partial charge on any atom is 0.222 e. The molecule has 2 aromatic rings. The number of anilines is 2. The van der Waals surface area contributed by atoms with E-state index in [1.54, 1.807) is 25.6 Å². The molecule has 7 nitrogen and oxygen atoms in total. The minimum absolute atomic E-state index is 0.202. The number of hydrogen-bond acceptors (Lipinski definition) is 7. The van der Waals surface area contributed by atoms with Crippen molar-refractivity contribution < 1.29 is 9.47 Å². The summed E-state index contributed by atoms with van der Waals surface area (Å²) in [5, 5.41) is 3.30. The molecule has 2 heterocycles. The summed E-state index contributed by atoms with van der Waals surface area (Å²) in [5.41, 5.74) is 7.31. The molecule has 0 aliphatic heterocycles. The van der Waals surface area contributed by atoms with E-state index in [2.05, 4.69) is 26.8 Å². The van der Waals surface area contributed by atoms with E-state index in [4.69, 9.17) is 15.2 Å². The average Bonchev–Trinajstić information content (AvgIpc) is 3.33. The molecule has 1 aliphatic rings. The highest BCUT2D eigenvalue weighted by Crippen LogP contribution is 2.36. The standard InChI is InChI=1S/C16H19N5O2/c1-9(2)11-7-18-14(22-3)6-12(11)23-13-8-19-16(17)21-15(13)20-10-4-5-10/h6-8,10H,1,4-5H2,2-3H3,(H3,17,19,20,21). The van der Waals surface area contributed by atoms with Crippen LogP contribution in [0.3, 0.4) is 0 Å². The zero-order chi connectivity index (χ0) is 16.4. The summed E-state index contributed by atoms with van der Waals surface area (Å²) in [4.78, 5) is 12.4. The molecule has 7 heteroatoms. The highest BCUT2D eigenvalue weighted by molar-refractivity contribution is 5.68. The number of nitrogens with two attached hydrogens (primary N) is 1. The molecule has 0 radical (unpaired) electrons. The zero-order valence-electron chi connectivity index (χ0n) is 13.2. The van der Waals surface area contributed by atoms with Crippen LogP contribution in [0.25, 0.3) is 5.57 Å². The summed E-state index contributed by atoms with van der Waals surface area (Å²) >= 11 is 0. The maximum atomic E-state index is 6.00. The molecule has 120 valence electrons. The van der Waals surface area contributed by atoms with Crippen LogP contribution < -0.4 is 20.5 Å². The first-order chi connectivity index (χ1) is 11.1. The SMILES string of the molecule is C=C(C)c1cnc(OC)cc1Oc1cnc(N)nc1NC1CC1. The van der Waals surface area contributed by atoms with Gasteiger partial charge in [0.2, 0.25) is 11.8 Å². The van der Waals surface area contributed by atoms with Gasteiger partial charge in [-0.15, -0.1) is 0 Å². The van der Waals surface area contributed by atoms with E-state index in [1.165, 1.54) is 0 Å². The van der Waals surface area contributed by atoms with Crippen molar-refractivity contribution in [3.05, 3.63) is 30.6 Å². The topological polar surface area (TPSA) is 95.2 Å². The lowest BCUT2D eigenvalue weighted by atomic mass is 10.1. The lowest BCUT2D eigenvalue weighted by Crippen LogP contribution is -2.08. The van der Waals surface area contributed by atoms with E-state index in [0.717, 1.165) is 24.0 Å². The lowest BCUT2D eigenvalue weighted by Gasteiger charge is -2.15. The van der Waals surface area contributed by atoms with Crippen LogP contribution in [0.1, 0.15) is 25.3 Å². The average molecular weight is 313 g/mol. The largest absolute Gasteiger partial charge is 0.481 e. The van der Waals surface area contributed by atoms with Crippen LogP contribution in [0, 0.1) is 0 Å². The number of pyridine rings is 1. The molecule has 0 aromatic carbocycles. The van der Waals surface area contributed by atoms with Gasteiger partial charge in [0.15, 0.2) is 11.6 Å². The second kappa shape index (κ2) is 6.12. The van der Waals surface area contributed by atoms with Crippen molar-refractivity contribution in [2.45, 2.75) is 25.8 Å². The fourth-order valence-corrected chi connectivity index (χ4v) is 2.04. The number of methoxy groups -OCH3 is 1. The molecule has 0 spiro atoms. The number of nitrogens with one attached hydrogen (secondary N) is 1. The van der Waals surface area contributed by atoms with Gasteiger partial charge in [0.1, 0.15) is 5.75 Å². The third-order valence-electron chi connectivity index (χ3n) is 3.42. The molecule has 0 saturated heterocycles. The highest BCUT2D eigenvalue weighted by Gasteiger charge is 2.24. The first kappa shape index (κ1) is 15.1. The summed E-state index contributed by atoms with van der Waals surface area (Å²) < 4.78 is 11.2. The van der Waals surface area contributed by atoms with Crippen molar-refractivity contribution in [3.63, 3.8) is 0 Å². The van der Waals surface area contributed by atoms with Gasteiger partial charge < -0.3 is 20.5 Å². The van der Waals surface area contributed by atoms with Gasteiger partial charge in [0.05, 0.1) is 13.3 Å². The molecule has 0 atom stereocenters. The van der Waals surface area contributed by atoms with Crippen LogP contribution in [0.15, 0.2) is 25.0 Å². The smallest absolute Gasteiger partial charge is 0.222 e. The van der Waals surface area contributed by atoms with Gasteiger partial charge in [-0.25, -0.2) is 9.97 Å². The number of aromatic nitrogens is 3. The molecule has 0 unspecified atom stereocenters. The molecular weight excluding hydrogens is 294 g/mol. The van der Waals surface area contributed by atoms with E-state index in [-0.39, 0.29) is 5.95 Å². The van der Waals surface area contributed by atoms with Crippen molar-refractivity contribution in [1.29, 1.82) is 0 Å². The number of ether oxygens (including phenoxy) is 2. The Kier molecular flexibility index (Phi) is 4.01. The normalized spacial score (nSPS) is 13.5. The van der Waals surface area contributed by atoms with E-state index >= 15 is 0 Å². The Morgan fingerprint density at radius 1 is 1.30 bits per heavy atom. The number of nitrogen functional groups attached to an aromatic ring is 1. The minimum Gasteiger partial charge on any atom is -0.481 e. The maximum absolute atomic E-state index is 6.00. The molecule has 3 rings (SSSR count). The van der Waals surface area contributed by atoms with Gasteiger partial charge in [-0.05, 0) is 25.3 Å². The summed E-state index contributed by atoms with van der Waals surface area (Å²) in [6.45, 7) is 5.84. The minimum atomic E-state index is 0.202. The first-order valence-corrected chi connectivity index (χ1v) is 7.33. The molecule has 2 aromatic heterocycles. The monoisotopic (exact) mass is 313 g/mol. The van der Waals surface area contributed by atoms with Crippen LogP contribution in [-0.2, 0) is 0 Å². The first-order valence-electron chi connectivity index (χ1n) is 7.33. The Labute approximate surface area is 134 Å².